The maximum absolute atomic E-state index is 12.7. The van der Waals surface area contributed by atoms with Gasteiger partial charge in [-0.2, -0.15) is 0 Å². The fourth-order valence-electron chi connectivity index (χ4n) is 3.21. The number of sulfone groups is 1. The van der Waals surface area contributed by atoms with E-state index in [-0.39, 0.29) is 24.2 Å². The van der Waals surface area contributed by atoms with E-state index in [1.165, 1.54) is 7.11 Å². The molecule has 5 nitrogen and oxygen atoms in total. The highest BCUT2D eigenvalue weighted by Gasteiger charge is 2.26. The minimum Gasteiger partial charge on any atom is -0.497 e. The van der Waals surface area contributed by atoms with Gasteiger partial charge in [-0.1, -0.05) is 29.8 Å². The Morgan fingerprint density at radius 2 is 2.00 bits per heavy atom. The highest BCUT2D eigenvalue weighted by molar-refractivity contribution is 7.91. The summed E-state index contributed by atoms with van der Waals surface area (Å²) in [5.74, 6) is 0.613. The van der Waals surface area contributed by atoms with Gasteiger partial charge in [0, 0.05) is 37.2 Å². The van der Waals surface area contributed by atoms with E-state index in [1.54, 1.807) is 24.3 Å². The first-order chi connectivity index (χ1) is 12.5. The molecule has 27 heavy (non-hydrogen) atoms. The monoisotopic (exact) mass is 430 g/mol. The normalized spacial score (nSPS) is 17.9. The maximum Gasteiger partial charge on any atom is 0.179 e. The summed E-state index contributed by atoms with van der Waals surface area (Å²) < 4.78 is 30.6. The van der Waals surface area contributed by atoms with Crippen LogP contribution in [0.25, 0.3) is 0 Å². The van der Waals surface area contributed by atoms with Gasteiger partial charge in [0.1, 0.15) is 5.75 Å². The van der Waals surface area contributed by atoms with Gasteiger partial charge in [0.25, 0.3) is 0 Å². The summed E-state index contributed by atoms with van der Waals surface area (Å²) in [6, 6.07) is 14.5. The number of nitrogens with one attached hydrogen (secondary N) is 1. The van der Waals surface area contributed by atoms with Crippen LogP contribution in [0.5, 0.6) is 5.75 Å². The van der Waals surface area contributed by atoms with E-state index < -0.39 is 9.84 Å². The Morgan fingerprint density at radius 1 is 1.22 bits per heavy atom. The molecule has 0 radical (unpaired) electrons. The van der Waals surface area contributed by atoms with Crippen LogP contribution in [0.3, 0.4) is 0 Å². The fraction of sp³-hybridized carbons (Fsp3) is 0.368. The predicted molar refractivity (Wildman–Crippen MR) is 111 cm³/mol. The second-order valence-electron chi connectivity index (χ2n) is 6.31. The zero-order valence-corrected chi connectivity index (χ0v) is 17.5. The summed E-state index contributed by atoms with van der Waals surface area (Å²) in [7, 11) is -1.84. The first-order valence-corrected chi connectivity index (χ1v) is 10.6. The molecule has 1 atom stereocenters. The van der Waals surface area contributed by atoms with Crippen molar-refractivity contribution in [2.24, 2.45) is 0 Å². The molecule has 0 amide bonds. The molecule has 8 heteroatoms. The lowest BCUT2D eigenvalue weighted by molar-refractivity contribution is 0.172. The van der Waals surface area contributed by atoms with Crippen molar-refractivity contribution in [2.75, 3.05) is 39.0 Å². The number of methoxy groups -OCH3 is 1. The summed E-state index contributed by atoms with van der Waals surface area (Å²) in [4.78, 5) is 2.51. The van der Waals surface area contributed by atoms with Crippen molar-refractivity contribution in [1.82, 2.24) is 10.2 Å². The molecule has 1 saturated heterocycles. The van der Waals surface area contributed by atoms with Gasteiger partial charge >= 0.3 is 0 Å². The van der Waals surface area contributed by atoms with Crippen LogP contribution in [0.2, 0.25) is 5.02 Å². The Balaban J connectivity index is 0.00000261. The first kappa shape index (κ1) is 22.0. The van der Waals surface area contributed by atoms with Crippen molar-refractivity contribution in [3.8, 4) is 5.75 Å². The Morgan fingerprint density at radius 3 is 2.74 bits per heavy atom. The average Bonchev–Trinajstić information content (AvgIpc) is 2.67. The highest BCUT2D eigenvalue weighted by Crippen LogP contribution is 2.25. The van der Waals surface area contributed by atoms with Crippen LogP contribution in [0, 0.1) is 0 Å². The molecule has 0 saturated carbocycles. The highest BCUT2D eigenvalue weighted by atomic mass is 35.5. The Bertz CT molecular complexity index is 862. The zero-order chi connectivity index (χ0) is 18.6. The fourth-order valence-corrected chi connectivity index (χ4v) is 4.70. The molecule has 0 bridgehead atoms. The molecule has 0 aromatic heterocycles. The van der Waals surface area contributed by atoms with Gasteiger partial charge in [0.15, 0.2) is 9.84 Å². The van der Waals surface area contributed by atoms with E-state index in [9.17, 15) is 8.42 Å². The van der Waals surface area contributed by atoms with Crippen molar-refractivity contribution in [1.29, 1.82) is 0 Å². The maximum atomic E-state index is 12.7. The van der Waals surface area contributed by atoms with Gasteiger partial charge in [-0.15, -0.1) is 12.4 Å². The van der Waals surface area contributed by atoms with Gasteiger partial charge in [-0.3, -0.25) is 4.90 Å². The SMILES string of the molecule is COc1cccc(S(=O)(=O)CCN2CCNCC2c2cccc(Cl)c2)c1.Cl. The molecule has 0 aliphatic carbocycles. The quantitative estimate of drug-likeness (QED) is 0.762. The number of hydrogen-bond donors (Lipinski definition) is 1. The summed E-state index contributed by atoms with van der Waals surface area (Å²) in [6.45, 7) is 2.89. The van der Waals surface area contributed by atoms with Crippen LogP contribution < -0.4 is 10.1 Å². The van der Waals surface area contributed by atoms with Crippen LogP contribution in [0.1, 0.15) is 11.6 Å². The van der Waals surface area contributed by atoms with Crippen molar-refractivity contribution < 1.29 is 13.2 Å². The molecule has 1 unspecified atom stereocenters. The predicted octanol–water partition coefficient (Wildman–Crippen LogP) is 3.19. The molecular weight excluding hydrogens is 407 g/mol. The Kier molecular flexibility index (Phi) is 7.94. The molecular formula is C19H24Cl2N2O3S. The average molecular weight is 431 g/mol. The lowest BCUT2D eigenvalue weighted by Gasteiger charge is -2.36. The second kappa shape index (κ2) is 9.75. The van der Waals surface area contributed by atoms with Crippen molar-refractivity contribution in [2.45, 2.75) is 10.9 Å². The van der Waals surface area contributed by atoms with E-state index in [1.807, 2.05) is 24.3 Å². The van der Waals surface area contributed by atoms with E-state index >= 15 is 0 Å². The van der Waals surface area contributed by atoms with E-state index in [4.69, 9.17) is 16.3 Å². The van der Waals surface area contributed by atoms with Crippen LogP contribution in [0.15, 0.2) is 53.4 Å². The smallest absolute Gasteiger partial charge is 0.179 e. The summed E-state index contributed by atoms with van der Waals surface area (Å²) in [5.41, 5.74) is 1.10. The largest absolute Gasteiger partial charge is 0.497 e. The number of halogens is 2. The van der Waals surface area contributed by atoms with Crippen molar-refractivity contribution in [3.63, 3.8) is 0 Å². The zero-order valence-electron chi connectivity index (χ0n) is 15.1. The molecule has 1 fully saturated rings. The lowest BCUT2D eigenvalue weighted by atomic mass is 10.0. The number of benzene rings is 2. The van der Waals surface area contributed by atoms with Gasteiger partial charge in [0.05, 0.1) is 17.8 Å². The summed E-state index contributed by atoms with van der Waals surface area (Å²) in [6.07, 6.45) is 0. The van der Waals surface area contributed by atoms with Gasteiger partial charge in [-0.25, -0.2) is 8.42 Å². The summed E-state index contributed by atoms with van der Waals surface area (Å²) >= 11 is 6.12. The first-order valence-electron chi connectivity index (χ1n) is 8.56. The molecule has 1 aliphatic heterocycles. The number of piperazine rings is 1. The van der Waals surface area contributed by atoms with Crippen LogP contribution in [-0.4, -0.2) is 52.4 Å². The second-order valence-corrected chi connectivity index (χ2v) is 8.85. The van der Waals surface area contributed by atoms with Gasteiger partial charge in [-0.05, 0) is 35.9 Å². The number of hydrogen-bond acceptors (Lipinski definition) is 5. The molecule has 1 aliphatic rings. The van der Waals surface area contributed by atoms with E-state index in [2.05, 4.69) is 10.2 Å². The third-order valence-electron chi connectivity index (χ3n) is 4.64. The number of nitrogens with zero attached hydrogens (tertiary/aromatic N) is 1. The third-order valence-corrected chi connectivity index (χ3v) is 6.56. The molecule has 1 heterocycles. The molecule has 2 aromatic rings. The standard InChI is InChI=1S/C19H23ClN2O3S.ClH/c1-25-17-6-3-7-18(13-17)26(23,24)11-10-22-9-8-21-14-19(22)15-4-2-5-16(20)12-15;/h2-7,12-13,19,21H,8-11,14H2,1H3;1H. The molecule has 0 spiro atoms. The molecule has 148 valence electrons. The summed E-state index contributed by atoms with van der Waals surface area (Å²) in [5, 5.41) is 4.07. The minimum absolute atomic E-state index is 0. The van der Waals surface area contributed by atoms with E-state index in [0.29, 0.717) is 22.2 Å². The van der Waals surface area contributed by atoms with Crippen molar-refractivity contribution >= 4 is 33.8 Å². The molecule has 3 rings (SSSR count). The van der Waals surface area contributed by atoms with Gasteiger partial charge in [0.2, 0.25) is 0 Å². The third kappa shape index (κ3) is 5.59. The number of rotatable bonds is 6. The van der Waals surface area contributed by atoms with Crippen LogP contribution in [0.4, 0.5) is 0 Å². The van der Waals surface area contributed by atoms with E-state index in [0.717, 1.165) is 25.2 Å². The minimum atomic E-state index is -3.37. The van der Waals surface area contributed by atoms with Crippen LogP contribution in [-0.2, 0) is 9.84 Å². The lowest BCUT2D eigenvalue weighted by Crippen LogP contribution is -2.47. The topological polar surface area (TPSA) is 58.6 Å². The Hall–Kier alpha value is -1.31. The van der Waals surface area contributed by atoms with Gasteiger partial charge < -0.3 is 10.1 Å². The Labute approximate surface area is 172 Å². The number of ether oxygens (including phenoxy) is 1. The van der Waals surface area contributed by atoms with Crippen LogP contribution >= 0.6 is 24.0 Å². The van der Waals surface area contributed by atoms with Crippen molar-refractivity contribution in [3.05, 3.63) is 59.1 Å². The molecule has 2 aromatic carbocycles. The molecule has 1 N–H and O–H groups in total.